The Morgan fingerprint density at radius 1 is 1.29 bits per heavy atom. The van der Waals surface area contributed by atoms with Gasteiger partial charge in [-0.05, 0) is 38.3 Å². The van der Waals surface area contributed by atoms with E-state index in [1.807, 2.05) is 31.2 Å². The quantitative estimate of drug-likeness (QED) is 0.902. The monoisotopic (exact) mass is 361 g/mol. The lowest BCUT2D eigenvalue weighted by Gasteiger charge is -2.15. The standard InChI is InChI=1S/C18H20ClN3OS/c1-11-16(24-18(20-11)12-2-4-13(19)5-3-12)17(23)21-14-8-9-22(10-14)15-6-7-15/h2-5,14-15H,6-10H2,1H3,(H,21,23). The summed E-state index contributed by atoms with van der Waals surface area (Å²) >= 11 is 7.38. The van der Waals surface area contributed by atoms with E-state index >= 15 is 0 Å². The zero-order valence-corrected chi connectivity index (χ0v) is 15.2. The number of hydrogen-bond donors (Lipinski definition) is 1. The van der Waals surface area contributed by atoms with Crippen molar-refractivity contribution in [3.05, 3.63) is 39.9 Å². The van der Waals surface area contributed by atoms with E-state index in [1.54, 1.807) is 0 Å². The van der Waals surface area contributed by atoms with Crippen LogP contribution in [0.5, 0.6) is 0 Å². The van der Waals surface area contributed by atoms with Crippen molar-refractivity contribution < 1.29 is 4.79 Å². The van der Waals surface area contributed by atoms with Crippen molar-refractivity contribution in [2.45, 2.75) is 38.3 Å². The topological polar surface area (TPSA) is 45.2 Å². The van der Waals surface area contributed by atoms with Crippen molar-refractivity contribution in [2.75, 3.05) is 13.1 Å². The Labute approximate surface area is 150 Å². The molecule has 0 radical (unpaired) electrons. The van der Waals surface area contributed by atoms with Crippen molar-refractivity contribution in [3.63, 3.8) is 0 Å². The fourth-order valence-electron chi connectivity index (χ4n) is 3.25. The first-order valence-corrected chi connectivity index (χ1v) is 9.58. The smallest absolute Gasteiger partial charge is 0.263 e. The number of likely N-dealkylation sites (tertiary alicyclic amines) is 1. The van der Waals surface area contributed by atoms with E-state index in [2.05, 4.69) is 15.2 Å². The molecule has 6 heteroatoms. The fraction of sp³-hybridized carbons (Fsp3) is 0.444. The summed E-state index contributed by atoms with van der Waals surface area (Å²) in [5.41, 5.74) is 1.78. The number of nitrogens with zero attached hydrogens (tertiary/aromatic N) is 2. The van der Waals surface area contributed by atoms with E-state index in [1.165, 1.54) is 24.2 Å². The van der Waals surface area contributed by atoms with Crippen LogP contribution in [0.3, 0.4) is 0 Å². The van der Waals surface area contributed by atoms with E-state index < -0.39 is 0 Å². The molecule has 2 fully saturated rings. The summed E-state index contributed by atoms with van der Waals surface area (Å²) < 4.78 is 0. The number of halogens is 1. The zero-order chi connectivity index (χ0) is 16.7. The van der Waals surface area contributed by atoms with Crippen LogP contribution < -0.4 is 5.32 Å². The summed E-state index contributed by atoms with van der Waals surface area (Å²) in [6.07, 6.45) is 3.68. The molecule has 4 nitrogen and oxygen atoms in total. The van der Waals surface area contributed by atoms with E-state index in [0.29, 0.717) is 9.90 Å². The minimum atomic E-state index is 0.00728. The predicted octanol–water partition coefficient (Wildman–Crippen LogP) is 3.74. The first kappa shape index (κ1) is 16.1. The highest BCUT2D eigenvalue weighted by molar-refractivity contribution is 7.17. The zero-order valence-electron chi connectivity index (χ0n) is 13.6. The van der Waals surface area contributed by atoms with Gasteiger partial charge in [-0.15, -0.1) is 11.3 Å². The largest absolute Gasteiger partial charge is 0.347 e. The lowest BCUT2D eigenvalue weighted by atomic mass is 10.2. The molecule has 4 rings (SSSR count). The lowest BCUT2D eigenvalue weighted by Crippen LogP contribution is -2.37. The summed E-state index contributed by atoms with van der Waals surface area (Å²) in [7, 11) is 0. The molecule has 2 heterocycles. The molecular formula is C18H20ClN3OS. The van der Waals surface area contributed by atoms with Crippen molar-refractivity contribution in [1.29, 1.82) is 0 Å². The Bertz CT molecular complexity index is 754. The van der Waals surface area contributed by atoms with E-state index in [-0.39, 0.29) is 11.9 Å². The Balaban J connectivity index is 1.45. The third-order valence-corrected chi connectivity index (χ3v) is 6.17. The Kier molecular flexibility index (Phi) is 4.33. The molecular weight excluding hydrogens is 342 g/mol. The maximum absolute atomic E-state index is 12.6. The van der Waals surface area contributed by atoms with Crippen LogP contribution in [0.4, 0.5) is 0 Å². The van der Waals surface area contributed by atoms with Crippen molar-refractivity contribution in [3.8, 4) is 10.6 Å². The molecule has 1 amide bonds. The molecule has 1 unspecified atom stereocenters. The van der Waals surface area contributed by atoms with E-state index in [9.17, 15) is 4.79 Å². The number of hydrogen-bond acceptors (Lipinski definition) is 4. The number of aromatic nitrogens is 1. The second-order valence-corrected chi connectivity index (χ2v) is 8.06. The predicted molar refractivity (Wildman–Crippen MR) is 97.8 cm³/mol. The third-order valence-electron chi connectivity index (χ3n) is 4.71. The van der Waals surface area contributed by atoms with Gasteiger partial charge in [-0.3, -0.25) is 9.69 Å². The van der Waals surface area contributed by atoms with Crippen molar-refractivity contribution in [2.24, 2.45) is 0 Å². The second-order valence-electron chi connectivity index (χ2n) is 6.63. The molecule has 126 valence electrons. The van der Waals surface area contributed by atoms with Crippen LogP contribution in [0.2, 0.25) is 5.02 Å². The number of nitrogens with one attached hydrogen (secondary N) is 1. The van der Waals surface area contributed by atoms with Gasteiger partial charge in [0.2, 0.25) is 0 Å². The highest BCUT2D eigenvalue weighted by Gasteiger charge is 2.35. The van der Waals surface area contributed by atoms with Crippen LogP contribution in [0.15, 0.2) is 24.3 Å². The number of aryl methyl sites for hydroxylation is 1. The normalized spacial score (nSPS) is 21.2. The molecule has 1 saturated carbocycles. The Morgan fingerprint density at radius 3 is 2.75 bits per heavy atom. The number of rotatable bonds is 4. The van der Waals surface area contributed by atoms with Gasteiger partial charge in [-0.2, -0.15) is 0 Å². The number of carbonyl (C=O) groups is 1. The molecule has 1 aliphatic carbocycles. The SMILES string of the molecule is Cc1nc(-c2ccc(Cl)cc2)sc1C(=O)NC1CCN(C2CC2)C1. The number of carbonyl (C=O) groups excluding carboxylic acids is 1. The second kappa shape index (κ2) is 6.47. The molecule has 2 aromatic rings. The Hall–Kier alpha value is -1.43. The summed E-state index contributed by atoms with van der Waals surface area (Å²) in [6.45, 7) is 3.99. The van der Waals surface area contributed by atoms with E-state index in [0.717, 1.165) is 41.8 Å². The van der Waals surface area contributed by atoms with Crippen LogP contribution >= 0.6 is 22.9 Å². The number of benzene rings is 1. The maximum Gasteiger partial charge on any atom is 0.263 e. The molecule has 1 aromatic heterocycles. The first-order valence-electron chi connectivity index (χ1n) is 8.38. The van der Waals surface area contributed by atoms with Gasteiger partial charge < -0.3 is 5.32 Å². The minimum Gasteiger partial charge on any atom is -0.347 e. The third kappa shape index (κ3) is 3.34. The summed E-state index contributed by atoms with van der Waals surface area (Å²) in [6, 6.07) is 8.60. The van der Waals surface area contributed by atoms with Crippen LogP contribution in [-0.2, 0) is 0 Å². The fourth-order valence-corrected chi connectivity index (χ4v) is 4.35. The summed E-state index contributed by atoms with van der Waals surface area (Å²) in [5, 5.41) is 4.75. The molecule has 0 bridgehead atoms. The number of amides is 1. The van der Waals surface area contributed by atoms with Gasteiger partial charge in [0.1, 0.15) is 9.88 Å². The van der Waals surface area contributed by atoms with Gasteiger partial charge >= 0.3 is 0 Å². The lowest BCUT2D eigenvalue weighted by molar-refractivity contribution is 0.0941. The van der Waals surface area contributed by atoms with Crippen molar-refractivity contribution >= 4 is 28.8 Å². The van der Waals surface area contributed by atoms with Gasteiger partial charge in [0, 0.05) is 35.8 Å². The van der Waals surface area contributed by atoms with Crippen molar-refractivity contribution in [1.82, 2.24) is 15.2 Å². The average molecular weight is 362 g/mol. The van der Waals surface area contributed by atoms with Gasteiger partial charge in [0.25, 0.3) is 5.91 Å². The summed E-state index contributed by atoms with van der Waals surface area (Å²) in [5.74, 6) is 0.00728. The molecule has 1 aliphatic heterocycles. The number of thiazole rings is 1. The van der Waals surface area contributed by atoms with Crippen LogP contribution in [0.1, 0.15) is 34.6 Å². The minimum absolute atomic E-state index is 0.00728. The molecule has 1 N–H and O–H groups in total. The van der Waals surface area contributed by atoms with Crippen LogP contribution in [0, 0.1) is 6.92 Å². The highest BCUT2D eigenvalue weighted by Crippen LogP contribution is 2.31. The molecule has 24 heavy (non-hydrogen) atoms. The highest BCUT2D eigenvalue weighted by atomic mass is 35.5. The first-order chi connectivity index (χ1) is 11.6. The Morgan fingerprint density at radius 2 is 2.04 bits per heavy atom. The average Bonchev–Trinajstić information content (AvgIpc) is 3.19. The maximum atomic E-state index is 12.6. The van der Waals surface area contributed by atoms with Crippen LogP contribution in [0.25, 0.3) is 10.6 Å². The van der Waals surface area contributed by atoms with Gasteiger partial charge in [0.15, 0.2) is 0 Å². The van der Waals surface area contributed by atoms with Gasteiger partial charge in [-0.25, -0.2) is 4.98 Å². The molecule has 0 spiro atoms. The van der Waals surface area contributed by atoms with Crippen LogP contribution in [-0.4, -0.2) is 41.0 Å². The molecule has 1 aromatic carbocycles. The van der Waals surface area contributed by atoms with Gasteiger partial charge in [0.05, 0.1) is 5.69 Å². The molecule has 1 saturated heterocycles. The summed E-state index contributed by atoms with van der Waals surface area (Å²) in [4.78, 5) is 20.4. The molecule has 2 aliphatic rings. The van der Waals surface area contributed by atoms with Gasteiger partial charge in [-0.1, -0.05) is 23.7 Å². The van der Waals surface area contributed by atoms with E-state index in [4.69, 9.17) is 11.6 Å². The molecule has 1 atom stereocenters.